The number of nitrogens with zero attached hydrogens (tertiary/aromatic N) is 1. The molecular weight excluding hydrogens is 210 g/mol. The van der Waals surface area contributed by atoms with Gasteiger partial charge in [-0.1, -0.05) is 0 Å². The molecule has 0 spiro atoms. The lowest BCUT2D eigenvalue weighted by Gasteiger charge is -2.17. The van der Waals surface area contributed by atoms with Crippen molar-refractivity contribution in [3.05, 3.63) is 22.4 Å². The molecule has 11 heavy (non-hydrogen) atoms. The summed E-state index contributed by atoms with van der Waals surface area (Å²) in [5.41, 5.74) is 3.59. The van der Waals surface area contributed by atoms with Gasteiger partial charge in [0.1, 0.15) is 12.4 Å². The van der Waals surface area contributed by atoms with Gasteiger partial charge in [0, 0.05) is 6.20 Å². The summed E-state index contributed by atoms with van der Waals surface area (Å²) in [7, 11) is 0. The molecular formula is C6H6BrN3O. The summed E-state index contributed by atoms with van der Waals surface area (Å²) in [6, 6.07) is 1.83. The van der Waals surface area contributed by atoms with E-state index >= 15 is 0 Å². The van der Waals surface area contributed by atoms with Gasteiger partial charge in [0.2, 0.25) is 0 Å². The van der Waals surface area contributed by atoms with Crippen molar-refractivity contribution >= 4 is 21.8 Å². The van der Waals surface area contributed by atoms with Crippen molar-refractivity contribution in [2.75, 3.05) is 12.1 Å². The molecule has 2 N–H and O–H groups in total. The molecule has 1 aliphatic rings. The normalized spacial score (nSPS) is 15.2. The fourth-order valence-electron chi connectivity index (χ4n) is 1.05. The minimum atomic E-state index is -0.0550. The summed E-state index contributed by atoms with van der Waals surface area (Å²) in [5, 5.41) is 2.66. The van der Waals surface area contributed by atoms with Crippen molar-refractivity contribution in [2.45, 2.75) is 0 Å². The molecule has 0 bridgehead atoms. The number of carbonyl (C=O) groups is 1. The van der Waals surface area contributed by atoms with E-state index in [2.05, 4.69) is 26.7 Å². The smallest absolute Gasteiger partial charge is 0.272 e. The molecule has 0 radical (unpaired) electrons. The number of halogens is 1. The van der Waals surface area contributed by atoms with E-state index in [1.165, 1.54) is 0 Å². The second kappa shape index (κ2) is 2.27. The zero-order valence-corrected chi connectivity index (χ0v) is 7.18. The highest BCUT2D eigenvalue weighted by Gasteiger charge is 2.18. The van der Waals surface area contributed by atoms with E-state index in [4.69, 9.17) is 0 Å². The SMILES string of the molecule is O=C1NCNn2ccc(Br)c21. The van der Waals surface area contributed by atoms with Crippen LogP contribution in [0.15, 0.2) is 16.7 Å². The van der Waals surface area contributed by atoms with Crippen molar-refractivity contribution in [1.82, 2.24) is 9.99 Å². The summed E-state index contributed by atoms with van der Waals surface area (Å²) in [5.74, 6) is -0.0550. The highest BCUT2D eigenvalue weighted by atomic mass is 79.9. The van der Waals surface area contributed by atoms with E-state index in [-0.39, 0.29) is 5.91 Å². The Bertz CT molecular complexity index is 307. The fourth-order valence-corrected chi connectivity index (χ4v) is 1.54. The minimum Gasteiger partial charge on any atom is -0.332 e. The minimum absolute atomic E-state index is 0.0550. The Morgan fingerprint density at radius 3 is 3.18 bits per heavy atom. The Morgan fingerprint density at radius 2 is 2.45 bits per heavy atom. The molecule has 0 aliphatic carbocycles. The summed E-state index contributed by atoms with van der Waals surface area (Å²) in [6.07, 6.45) is 1.80. The van der Waals surface area contributed by atoms with Gasteiger partial charge >= 0.3 is 0 Å². The molecule has 4 nitrogen and oxygen atoms in total. The van der Waals surface area contributed by atoms with E-state index in [0.717, 1.165) is 4.47 Å². The van der Waals surface area contributed by atoms with Crippen LogP contribution in [0.1, 0.15) is 10.5 Å². The van der Waals surface area contributed by atoms with Gasteiger partial charge in [-0.3, -0.25) is 9.47 Å². The first-order valence-corrected chi connectivity index (χ1v) is 3.97. The molecule has 0 unspecified atom stereocenters. The first-order valence-electron chi connectivity index (χ1n) is 3.18. The van der Waals surface area contributed by atoms with Gasteiger partial charge in [-0.05, 0) is 22.0 Å². The maximum Gasteiger partial charge on any atom is 0.272 e. The summed E-state index contributed by atoms with van der Waals surface area (Å²) < 4.78 is 2.50. The first-order chi connectivity index (χ1) is 5.29. The van der Waals surface area contributed by atoms with E-state index in [1.54, 1.807) is 10.9 Å². The van der Waals surface area contributed by atoms with Gasteiger partial charge in [-0.25, -0.2) is 0 Å². The topological polar surface area (TPSA) is 46.1 Å². The van der Waals surface area contributed by atoms with Crippen molar-refractivity contribution < 1.29 is 4.79 Å². The zero-order chi connectivity index (χ0) is 7.84. The Kier molecular flexibility index (Phi) is 1.38. The van der Waals surface area contributed by atoms with E-state index in [1.807, 2.05) is 6.07 Å². The van der Waals surface area contributed by atoms with E-state index < -0.39 is 0 Å². The van der Waals surface area contributed by atoms with Crippen molar-refractivity contribution in [3.63, 3.8) is 0 Å². The molecule has 1 amide bonds. The van der Waals surface area contributed by atoms with Crippen molar-refractivity contribution in [3.8, 4) is 0 Å². The lowest BCUT2D eigenvalue weighted by molar-refractivity contribution is 0.0935. The average molecular weight is 216 g/mol. The van der Waals surface area contributed by atoms with E-state index in [9.17, 15) is 4.79 Å². The van der Waals surface area contributed by atoms with Crippen LogP contribution in [0.2, 0.25) is 0 Å². The Labute approximate surface area is 71.7 Å². The number of aromatic nitrogens is 1. The van der Waals surface area contributed by atoms with Crippen LogP contribution in [0.3, 0.4) is 0 Å². The molecule has 0 saturated carbocycles. The maximum absolute atomic E-state index is 11.2. The second-order valence-corrected chi connectivity index (χ2v) is 3.08. The zero-order valence-electron chi connectivity index (χ0n) is 5.60. The third kappa shape index (κ3) is 0.920. The first kappa shape index (κ1) is 6.72. The van der Waals surface area contributed by atoms with Crippen molar-refractivity contribution in [1.29, 1.82) is 0 Å². The lowest BCUT2D eigenvalue weighted by Crippen LogP contribution is -2.40. The number of carbonyl (C=O) groups excluding carboxylic acids is 1. The molecule has 2 rings (SSSR count). The van der Waals surface area contributed by atoms with Gasteiger partial charge in [0.15, 0.2) is 0 Å². The quantitative estimate of drug-likeness (QED) is 0.663. The van der Waals surface area contributed by atoms with Crippen LogP contribution in [0, 0.1) is 0 Å². The number of fused-ring (bicyclic) bond motifs is 1. The highest BCUT2D eigenvalue weighted by molar-refractivity contribution is 9.10. The van der Waals surface area contributed by atoms with Crippen molar-refractivity contribution in [2.24, 2.45) is 0 Å². The molecule has 58 valence electrons. The molecule has 0 aromatic carbocycles. The van der Waals surface area contributed by atoms with Gasteiger partial charge in [0.25, 0.3) is 5.91 Å². The molecule has 1 aromatic rings. The number of rotatable bonds is 0. The average Bonchev–Trinajstić information content (AvgIpc) is 2.34. The Balaban J connectivity index is 2.56. The van der Waals surface area contributed by atoms with Gasteiger partial charge < -0.3 is 10.7 Å². The Morgan fingerprint density at radius 1 is 1.64 bits per heavy atom. The third-order valence-electron chi connectivity index (χ3n) is 1.55. The predicted octanol–water partition coefficient (Wildman–Crippen LogP) is 0.495. The van der Waals surface area contributed by atoms with Crippen LogP contribution in [-0.4, -0.2) is 17.3 Å². The maximum atomic E-state index is 11.2. The Hall–Kier alpha value is -0.970. The fraction of sp³-hybridized carbons (Fsp3) is 0.167. The third-order valence-corrected chi connectivity index (χ3v) is 2.19. The van der Waals surface area contributed by atoms with Crippen LogP contribution in [0.4, 0.5) is 0 Å². The molecule has 2 heterocycles. The standard InChI is InChI=1S/C6H6BrN3O/c7-4-1-2-10-5(4)6(11)8-3-9-10/h1-2,9H,3H2,(H,8,11). The van der Waals surface area contributed by atoms with Gasteiger partial charge in [0.05, 0.1) is 4.47 Å². The van der Waals surface area contributed by atoms with Crippen LogP contribution in [0.5, 0.6) is 0 Å². The number of nitrogens with one attached hydrogen (secondary N) is 2. The molecule has 1 aliphatic heterocycles. The number of hydrogen-bond acceptors (Lipinski definition) is 2. The number of amides is 1. The largest absolute Gasteiger partial charge is 0.332 e. The second-order valence-electron chi connectivity index (χ2n) is 2.22. The van der Waals surface area contributed by atoms with E-state index in [0.29, 0.717) is 12.4 Å². The molecule has 5 heteroatoms. The summed E-state index contributed by atoms with van der Waals surface area (Å²) in [4.78, 5) is 11.2. The summed E-state index contributed by atoms with van der Waals surface area (Å²) in [6.45, 7) is 0.479. The molecule has 0 atom stereocenters. The van der Waals surface area contributed by atoms with Crippen LogP contribution >= 0.6 is 15.9 Å². The van der Waals surface area contributed by atoms with Crippen LogP contribution in [-0.2, 0) is 0 Å². The molecule has 0 fully saturated rings. The van der Waals surface area contributed by atoms with Gasteiger partial charge in [-0.2, -0.15) is 0 Å². The monoisotopic (exact) mass is 215 g/mol. The van der Waals surface area contributed by atoms with Gasteiger partial charge in [-0.15, -0.1) is 0 Å². The number of hydrogen-bond donors (Lipinski definition) is 2. The molecule has 0 saturated heterocycles. The van der Waals surface area contributed by atoms with Crippen LogP contribution in [0.25, 0.3) is 0 Å². The predicted molar refractivity (Wildman–Crippen MR) is 43.8 cm³/mol. The summed E-state index contributed by atoms with van der Waals surface area (Å²) >= 11 is 3.27. The highest BCUT2D eigenvalue weighted by Crippen LogP contribution is 2.17. The lowest BCUT2D eigenvalue weighted by atomic mass is 10.4. The van der Waals surface area contributed by atoms with Crippen LogP contribution < -0.4 is 10.7 Å². The molecule has 1 aromatic heterocycles.